The predicted molar refractivity (Wildman–Crippen MR) is 105 cm³/mol. The Morgan fingerprint density at radius 2 is 1.78 bits per heavy atom. The van der Waals surface area contributed by atoms with Gasteiger partial charge in [-0.2, -0.15) is 0 Å². The molecule has 0 saturated heterocycles. The van der Waals surface area contributed by atoms with Gasteiger partial charge in [0.2, 0.25) is 0 Å². The van der Waals surface area contributed by atoms with Crippen LogP contribution < -0.4 is 5.56 Å². The third-order valence-corrected chi connectivity index (χ3v) is 5.95. The van der Waals surface area contributed by atoms with Gasteiger partial charge in [-0.05, 0) is 43.0 Å². The Morgan fingerprint density at radius 3 is 2.59 bits per heavy atom. The first kappa shape index (κ1) is 16.2. The summed E-state index contributed by atoms with van der Waals surface area (Å²) in [4.78, 5) is 35.3. The molecule has 2 aromatic carbocycles. The van der Waals surface area contributed by atoms with Crippen LogP contribution in [0.15, 0.2) is 41.2 Å². The molecule has 3 aromatic rings. The molecule has 1 aliphatic carbocycles. The van der Waals surface area contributed by atoms with Crippen LogP contribution in [0.3, 0.4) is 0 Å². The monoisotopic (exact) mass is 359 g/mol. The van der Waals surface area contributed by atoms with Gasteiger partial charge < -0.3 is 9.88 Å². The number of para-hydroxylation sites is 1. The molecular formula is C22H21N3O2. The van der Waals surface area contributed by atoms with Crippen LogP contribution in [0, 0.1) is 6.92 Å². The van der Waals surface area contributed by atoms with E-state index in [-0.39, 0.29) is 11.5 Å². The number of benzene rings is 2. The Morgan fingerprint density at radius 1 is 1.04 bits per heavy atom. The molecule has 1 fully saturated rings. The highest BCUT2D eigenvalue weighted by Crippen LogP contribution is 2.35. The maximum atomic E-state index is 12.9. The van der Waals surface area contributed by atoms with E-state index < -0.39 is 0 Å². The van der Waals surface area contributed by atoms with Crippen LogP contribution in [0.25, 0.3) is 22.3 Å². The van der Waals surface area contributed by atoms with Gasteiger partial charge in [0.1, 0.15) is 5.69 Å². The second kappa shape index (κ2) is 6.05. The average Bonchev–Trinajstić information content (AvgIpc) is 3.30. The highest BCUT2D eigenvalue weighted by Gasteiger charge is 2.35. The molecule has 2 aliphatic rings. The van der Waals surface area contributed by atoms with E-state index in [1.54, 1.807) is 0 Å². The Kier molecular flexibility index (Phi) is 3.64. The number of carbonyl (C=O) groups excluding carboxylic acids is 1. The van der Waals surface area contributed by atoms with Crippen molar-refractivity contribution in [2.75, 3.05) is 0 Å². The Balaban J connectivity index is 1.65. The number of aromatic amines is 1. The third kappa shape index (κ3) is 2.49. The van der Waals surface area contributed by atoms with E-state index >= 15 is 0 Å². The summed E-state index contributed by atoms with van der Waals surface area (Å²) < 4.78 is 0. The maximum Gasteiger partial charge on any atom is 0.274 e. The Labute approximate surface area is 157 Å². The number of nitrogens with zero attached hydrogens (tertiary/aromatic N) is 2. The van der Waals surface area contributed by atoms with Crippen molar-refractivity contribution in [3.8, 4) is 11.3 Å². The molecule has 0 radical (unpaired) electrons. The molecule has 5 nitrogen and oxygen atoms in total. The van der Waals surface area contributed by atoms with Crippen molar-refractivity contribution in [1.82, 2.24) is 14.9 Å². The molecule has 1 aromatic heterocycles. The van der Waals surface area contributed by atoms with Crippen LogP contribution in [-0.4, -0.2) is 26.8 Å². The van der Waals surface area contributed by atoms with Crippen LogP contribution in [0.2, 0.25) is 0 Å². The largest absolute Gasteiger partial charge is 0.331 e. The minimum Gasteiger partial charge on any atom is -0.331 e. The van der Waals surface area contributed by atoms with E-state index in [1.165, 1.54) is 12.8 Å². The van der Waals surface area contributed by atoms with Crippen molar-refractivity contribution < 1.29 is 4.79 Å². The highest BCUT2D eigenvalue weighted by atomic mass is 16.2. The second-order valence-corrected chi connectivity index (χ2v) is 7.59. The fraction of sp³-hybridized carbons (Fsp3) is 0.318. The van der Waals surface area contributed by atoms with Gasteiger partial charge in [-0.3, -0.25) is 9.59 Å². The number of hydrogen-bond donors (Lipinski definition) is 1. The molecule has 136 valence electrons. The van der Waals surface area contributed by atoms with Crippen LogP contribution in [0.4, 0.5) is 0 Å². The SMILES string of the molecule is Cc1cccc2nc(-c3cccc4c3CN(C3CCCC3)C4=O)c(=O)[nH]c12. The molecule has 1 amide bonds. The van der Waals surface area contributed by atoms with Crippen molar-refractivity contribution in [1.29, 1.82) is 0 Å². The summed E-state index contributed by atoms with van der Waals surface area (Å²) in [5, 5.41) is 0. The molecule has 0 bridgehead atoms. The number of amides is 1. The molecule has 0 unspecified atom stereocenters. The molecule has 1 saturated carbocycles. The Bertz CT molecular complexity index is 1130. The first-order valence-electron chi connectivity index (χ1n) is 9.56. The van der Waals surface area contributed by atoms with Crippen molar-refractivity contribution in [3.63, 3.8) is 0 Å². The summed E-state index contributed by atoms with van der Waals surface area (Å²) in [7, 11) is 0. The van der Waals surface area contributed by atoms with Gasteiger partial charge in [-0.25, -0.2) is 4.98 Å². The normalized spacial score (nSPS) is 17.1. The van der Waals surface area contributed by atoms with Crippen LogP contribution in [0.1, 0.15) is 47.2 Å². The fourth-order valence-electron chi connectivity index (χ4n) is 4.52. The quantitative estimate of drug-likeness (QED) is 0.757. The fourth-order valence-corrected chi connectivity index (χ4v) is 4.52. The molecule has 0 spiro atoms. The lowest BCUT2D eigenvalue weighted by Gasteiger charge is -2.23. The number of carbonyl (C=O) groups is 1. The van der Waals surface area contributed by atoms with Crippen molar-refractivity contribution in [2.24, 2.45) is 0 Å². The summed E-state index contributed by atoms with van der Waals surface area (Å²) in [6.07, 6.45) is 4.51. The van der Waals surface area contributed by atoms with E-state index in [0.29, 0.717) is 23.8 Å². The van der Waals surface area contributed by atoms with Gasteiger partial charge in [0.25, 0.3) is 11.5 Å². The Hall–Kier alpha value is -2.95. The number of H-pyrrole nitrogens is 1. The lowest BCUT2D eigenvalue weighted by atomic mass is 10.0. The van der Waals surface area contributed by atoms with Gasteiger partial charge in [0.05, 0.1) is 11.0 Å². The lowest BCUT2D eigenvalue weighted by Crippen LogP contribution is -2.33. The van der Waals surface area contributed by atoms with Crippen LogP contribution in [-0.2, 0) is 6.54 Å². The minimum atomic E-state index is -0.211. The zero-order chi connectivity index (χ0) is 18.5. The molecule has 1 N–H and O–H groups in total. The third-order valence-electron chi connectivity index (χ3n) is 5.95. The van der Waals surface area contributed by atoms with Crippen molar-refractivity contribution in [2.45, 2.75) is 45.2 Å². The standard InChI is InChI=1S/C22H21N3O2/c1-13-6-4-11-18-19(13)24-21(26)20(23-18)15-9-5-10-16-17(15)12-25(22(16)27)14-7-2-3-8-14/h4-6,9-11,14H,2-3,7-8,12H2,1H3,(H,24,26). The molecule has 5 rings (SSSR count). The summed E-state index contributed by atoms with van der Waals surface area (Å²) >= 11 is 0. The summed E-state index contributed by atoms with van der Waals surface area (Å²) in [6.45, 7) is 2.53. The number of aromatic nitrogens is 2. The van der Waals surface area contributed by atoms with Gasteiger partial charge in [0, 0.05) is 23.7 Å². The zero-order valence-electron chi connectivity index (χ0n) is 15.3. The molecule has 0 atom stereocenters. The summed E-state index contributed by atoms with van der Waals surface area (Å²) in [6, 6.07) is 11.8. The van der Waals surface area contributed by atoms with E-state index in [1.807, 2.05) is 48.2 Å². The number of hydrogen-bond acceptors (Lipinski definition) is 3. The average molecular weight is 359 g/mol. The van der Waals surface area contributed by atoms with Gasteiger partial charge in [0.15, 0.2) is 0 Å². The van der Waals surface area contributed by atoms with Crippen LogP contribution in [0.5, 0.6) is 0 Å². The van der Waals surface area contributed by atoms with Gasteiger partial charge in [-0.1, -0.05) is 37.1 Å². The smallest absolute Gasteiger partial charge is 0.274 e. The zero-order valence-corrected chi connectivity index (χ0v) is 15.3. The van der Waals surface area contributed by atoms with E-state index in [0.717, 1.165) is 40.6 Å². The minimum absolute atomic E-state index is 0.0896. The summed E-state index contributed by atoms with van der Waals surface area (Å²) in [5.41, 5.74) is 5.12. The highest BCUT2D eigenvalue weighted by molar-refractivity contribution is 6.00. The van der Waals surface area contributed by atoms with Crippen molar-refractivity contribution in [3.05, 3.63) is 63.4 Å². The first-order chi connectivity index (χ1) is 13.1. The van der Waals surface area contributed by atoms with Gasteiger partial charge in [-0.15, -0.1) is 0 Å². The van der Waals surface area contributed by atoms with E-state index in [9.17, 15) is 9.59 Å². The lowest BCUT2D eigenvalue weighted by molar-refractivity contribution is 0.0707. The topological polar surface area (TPSA) is 66.1 Å². The molecule has 5 heteroatoms. The summed E-state index contributed by atoms with van der Waals surface area (Å²) in [5.74, 6) is 0.0896. The molecule has 27 heavy (non-hydrogen) atoms. The van der Waals surface area contributed by atoms with Crippen molar-refractivity contribution >= 4 is 16.9 Å². The number of rotatable bonds is 2. The number of fused-ring (bicyclic) bond motifs is 2. The second-order valence-electron chi connectivity index (χ2n) is 7.59. The molecule has 1 aliphatic heterocycles. The van der Waals surface area contributed by atoms with Crippen LogP contribution >= 0.6 is 0 Å². The molecule has 2 heterocycles. The number of nitrogens with one attached hydrogen (secondary N) is 1. The predicted octanol–water partition coefficient (Wildman–Crippen LogP) is 3.80. The van der Waals surface area contributed by atoms with E-state index in [4.69, 9.17) is 0 Å². The van der Waals surface area contributed by atoms with E-state index in [2.05, 4.69) is 9.97 Å². The van der Waals surface area contributed by atoms with Gasteiger partial charge >= 0.3 is 0 Å². The number of aryl methyl sites for hydroxylation is 1. The maximum absolute atomic E-state index is 12.9. The molecular weight excluding hydrogens is 338 g/mol. The first-order valence-corrected chi connectivity index (χ1v) is 9.56.